The monoisotopic (exact) mass is 167 g/mol. The first-order valence-corrected chi connectivity index (χ1v) is 4.54. The maximum Gasteiger partial charge on any atom is 0.232 e. The highest BCUT2D eigenvalue weighted by Crippen LogP contribution is 2.36. The van der Waals surface area contributed by atoms with Gasteiger partial charge in [-0.2, -0.15) is 0 Å². The Balaban J connectivity index is 2.24. The van der Waals surface area contributed by atoms with Crippen LogP contribution in [0, 0.1) is 5.92 Å². The third-order valence-corrected chi connectivity index (χ3v) is 2.94. The Kier molecular flexibility index (Phi) is 1.67. The van der Waals surface area contributed by atoms with Gasteiger partial charge in [-0.1, -0.05) is 6.42 Å². The molecule has 2 rings (SSSR count). The first kappa shape index (κ1) is 7.77. The molecular formula is C9H13NO2. The predicted octanol–water partition coefficient (Wildman–Crippen LogP) is 0.934. The summed E-state index contributed by atoms with van der Waals surface area (Å²) in [6.07, 6.45) is 4.02. The normalized spacial score (nSPS) is 34.1. The van der Waals surface area contributed by atoms with Crippen molar-refractivity contribution in [1.82, 2.24) is 4.90 Å². The van der Waals surface area contributed by atoms with Crippen LogP contribution in [0.2, 0.25) is 0 Å². The molecule has 0 spiro atoms. The van der Waals surface area contributed by atoms with Crippen molar-refractivity contribution in [2.24, 2.45) is 5.92 Å². The van der Waals surface area contributed by atoms with E-state index in [9.17, 15) is 9.59 Å². The van der Waals surface area contributed by atoms with Crippen LogP contribution in [0.25, 0.3) is 0 Å². The molecule has 2 bridgehead atoms. The summed E-state index contributed by atoms with van der Waals surface area (Å²) >= 11 is 0. The number of amides is 2. The number of rotatable bonds is 0. The maximum atomic E-state index is 11.5. The summed E-state index contributed by atoms with van der Waals surface area (Å²) in [6, 6.07) is 0.230. The van der Waals surface area contributed by atoms with E-state index in [4.69, 9.17) is 0 Å². The van der Waals surface area contributed by atoms with Crippen LogP contribution in [-0.4, -0.2) is 22.8 Å². The molecule has 1 aliphatic carbocycles. The van der Waals surface area contributed by atoms with Gasteiger partial charge in [0.05, 0.1) is 0 Å². The van der Waals surface area contributed by atoms with Gasteiger partial charge in [-0.25, -0.2) is 0 Å². The summed E-state index contributed by atoms with van der Waals surface area (Å²) < 4.78 is 0. The zero-order valence-electron chi connectivity index (χ0n) is 7.25. The Morgan fingerprint density at radius 3 is 2.83 bits per heavy atom. The molecule has 2 fully saturated rings. The fraction of sp³-hybridized carbons (Fsp3) is 0.778. The van der Waals surface area contributed by atoms with Crippen LogP contribution >= 0.6 is 0 Å². The number of likely N-dealkylation sites (tertiary alicyclic amines) is 1. The Labute approximate surface area is 71.7 Å². The van der Waals surface area contributed by atoms with Crippen LogP contribution in [-0.2, 0) is 9.59 Å². The van der Waals surface area contributed by atoms with Crippen molar-refractivity contribution in [2.45, 2.75) is 38.6 Å². The molecule has 2 unspecified atom stereocenters. The van der Waals surface area contributed by atoms with Gasteiger partial charge in [0.2, 0.25) is 11.8 Å². The lowest BCUT2D eigenvalue weighted by molar-refractivity contribution is -0.143. The van der Waals surface area contributed by atoms with Gasteiger partial charge in [0.1, 0.15) is 0 Å². The molecular weight excluding hydrogens is 154 g/mol. The minimum Gasteiger partial charge on any atom is -0.279 e. The van der Waals surface area contributed by atoms with Crippen LogP contribution < -0.4 is 0 Å². The third-order valence-electron chi connectivity index (χ3n) is 2.94. The van der Waals surface area contributed by atoms with Gasteiger partial charge < -0.3 is 0 Å². The molecule has 66 valence electrons. The molecule has 3 heteroatoms. The number of fused-ring (bicyclic) bond motifs is 2. The summed E-state index contributed by atoms with van der Waals surface area (Å²) in [6.45, 7) is 1.48. The summed E-state index contributed by atoms with van der Waals surface area (Å²) in [5, 5.41) is 0. The second-order valence-corrected chi connectivity index (χ2v) is 3.74. The summed E-state index contributed by atoms with van der Waals surface area (Å²) in [5.41, 5.74) is 0. The first-order chi connectivity index (χ1) is 5.70. The van der Waals surface area contributed by atoms with Gasteiger partial charge in [0, 0.05) is 18.9 Å². The number of hydrogen-bond donors (Lipinski definition) is 0. The van der Waals surface area contributed by atoms with E-state index in [1.165, 1.54) is 11.8 Å². The largest absolute Gasteiger partial charge is 0.279 e. The van der Waals surface area contributed by atoms with Crippen LogP contribution in [0.4, 0.5) is 0 Å². The summed E-state index contributed by atoms with van der Waals surface area (Å²) in [4.78, 5) is 24.1. The zero-order valence-corrected chi connectivity index (χ0v) is 7.25. The summed E-state index contributed by atoms with van der Waals surface area (Å²) in [5.74, 6) is 0.159. The molecule has 0 N–H and O–H groups in total. The van der Waals surface area contributed by atoms with Crippen molar-refractivity contribution in [2.75, 3.05) is 0 Å². The second kappa shape index (κ2) is 2.57. The molecule has 12 heavy (non-hydrogen) atoms. The fourth-order valence-electron chi connectivity index (χ4n) is 2.41. The predicted molar refractivity (Wildman–Crippen MR) is 43.3 cm³/mol. The zero-order chi connectivity index (χ0) is 8.72. The molecule has 1 saturated carbocycles. The number of hydrogen-bond acceptors (Lipinski definition) is 2. The Bertz CT molecular complexity index is 237. The van der Waals surface area contributed by atoms with Crippen LogP contribution in [0.1, 0.15) is 32.6 Å². The van der Waals surface area contributed by atoms with Crippen LogP contribution in [0.5, 0.6) is 0 Å². The van der Waals surface area contributed by atoms with Gasteiger partial charge in [0.25, 0.3) is 0 Å². The van der Waals surface area contributed by atoms with Gasteiger partial charge in [-0.15, -0.1) is 0 Å². The van der Waals surface area contributed by atoms with Crippen molar-refractivity contribution >= 4 is 11.8 Å². The molecule has 1 aliphatic heterocycles. The van der Waals surface area contributed by atoms with Crippen molar-refractivity contribution < 1.29 is 9.59 Å². The minimum absolute atomic E-state index is 0.0741. The molecule has 1 heterocycles. The number of imide groups is 1. The van der Waals surface area contributed by atoms with E-state index in [1.54, 1.807) is 0 Å². The summed E-state index contributed by atoms with van der Waals surface area (Å²) in [7, 11) is 0. The SMILES string of the molecule is CC(=O)N1C(=O)C2CCCC1C2. The number of nitrogens with zero attached hydrogens (tertiary/aromatic N) is 1. The highest BCUT2D eigenvalue weighted by Gasteiger charge is 2.43. The third kappa shape index (κ3) is 0.958. The van der Waals surface area contributed by atoms with Gasteiger partial charge in [-0.05, 0) is 19.3 Å². The second-order valence-electron chi connectivity index (χ2n) is 3.74. The van der Waals surface area contributed by atoms with E-state index < -0.39 is 0 Å². The van der Waals surface area contributed by atoms with Crippen molar-refractivity contribution in [3.63, 3.8) is 0 Å². The highest BCUT2D eigenvalue weighted by atomic mass is 16.2. The molecule has 0 aromatic heterocycles. The van der Waals surface area contributed by atoms with Crippen molar-refractivity contribution in [3.8, 4) is 0 Å². The van der Waals surface area contributed by atoms with E-state index in [-0.39, 0.29) is 23.8 Å². The topological polar surface area (TPSA) is 37.4 Å². The lowest BCUT2D eigenvalue weighted by Crippen LogP contribution is -2.36. The van der Waals surface area contributed by atoms with Gasteiger partial charge in [-0.3, -0.25) is 14.5 Å². The molecule has 0 aromatic carbocycles. The average Bonchev–Trinajstić information content (AvgIpc) is 2.24. The standard InChI is InChI=1S/C9H13NO2/c1-6(11)10-8-4-2-3-7(5-8)9(10)12/h7-8H,2-5H2,1H3. The molecule has 3 nitrogen and oxygen atoms in total. The van der Waals surface area contributed by atoms with E-state index >= 15 is 0 Å². The lowest BCUT2D eigenvalue weighted by Gasteiger charge is -2.20. The van der Waals surface area contributed by atoms with E-state index in [0.29, 0.717) is 0 Å². The molecule has 2 aliphatic rings. The molecule has 2 amide bonds. The van der Waals surface area contributed by atoms with Crippen molar-refractivity contribution in [1.29, 1.82) is 0 Å². The van der Waals surface area contributed by atoms with Crippen LogP contribution in [0.15, 0.2) is 0 Å². The van der Waals surface area contributed by atoms with Crippen molar-refractivity contribution in [3.05, 3.63) is 0 Å². The lowest BCUT2D eigenvalue weighted by atomic mass is 9.90. The van der Waals surface area contributed by atoms with E-state index in [1.807, 2.05) is 0 Å². The Hall–Kier alpha value is -0.860. The smallest absolute Gasteiger partial charge is 0.232 e. The number of carbonyl (C=O) groups excluding carboxylic acids is 2. The average molecular weight is 167 g/mol. The molecule has 0 aromatic rings. The first-order valence-electron chi connectivity index (χ1n) is 4.54. The Morgan fingerprint density at radius 2 is 2.25 bits per heavy atom. The fourth-order valence-corrected chi connectivity index (χ4v) is 2.41. The molecule has 0 radical (unpaired) electrons. The van der Waals surface area contributed by atoms with Gasteiger partial charge in [0.15, 0.2) is 0 Å². The quantitative estimate of drug-likeness (QED) is 0.538. The minimum atomic E-state index is -0.0746. The molecule has 2 atom stereocenters. The van der Waals surface area contributed by atoms with Gasteiger partial charge >= 0.3 is 0 Å². The number of carbonyl (C=O) groups is 2. The highest BCUT2D eigenvalue weighted by molar-refractivity contribution is 5.97. The maximum absolute atomic E-state index is 11.5. The van der Waals surface area contributed by atoms with E-state index in [0.717, 1.165) is 25.7 Å². The van der Waals surface area contributed by atoms with Crippen LogP contribution in [0.3, 0.4) is 0 Å². The Morgan fingerprint density at radius 1 is 1.50 bits per heavy atom. The molecule has 1 saturated heterocycles. The van der Waals surface area contributed by atoms with E-state index in [2.05, 4.69) is 0 Å².